The molecule has 0 amide bonds. The summed E-state index contributed by atoms with van der Waals surface area (Å²) in [7, 11) is 0. The van der Waals surface area contributed by atoms with Crippen molar-refractivity contribution < 1.29 is 4.39 Å². The molecule has 2 aromatic carbocycles. The molecule has 0 bridgehead atoms. The second kappa shape index (κ2) is 5.76. The highest BCUT2D eigenvalue weighted by Gasteiger charge is 2.27. The van der Waals surface area contributed by atoms with E-state index in [-0.39, 0.29) is 5.82 Å². The molecule has 2 aromatic rings. The van der Waals surface area contributed by atoms with E-state index in [4.69, 9.17) is 0 Å². The largest absolute Gasteiger partial charge is 0.316 e. The topological polar surface area (TPSA) is 12.0 Å². The first-order valence-electron chi connectivity index (χ1n) is 7.27. The number of benzene rings is 2. The van der Waals surface area contributed by atoms with Gasteiger partial charge in [-0.25, -0.2) is 4.39 Å². The van der Waals surface area contributed by atoms with Crippen LogP contribution in [0.25, 0.3) is 0 Å². The summed E-state index contributed by atoms with van der Waals surface area (Å²) >= 11 is 0. The van der Waals surface area contributed by atoms with Crippen LogP contribution in [-0.2, 0) is 0 Å². The zero-order valence-electron chi connectivity index (χ0n) is 11.8. The van der Waals surface area contributed by atoms with E-state index >= 15 is 0 Å². The summed E-state index contributed by atoms with van der Waals surface area (Å²) in [5, 5.41) is 3.47. The van der Waals surface area contributed by atoms with Gasteiger partial charge in [0, 0.05) is 12.5 Å². The van der Waals surface area contributed by atoms with Gasteiger partial charge in [0.25, 0.3) is 0 Å². The van der Waals surface area contributed by atoms with Crippen LogP contribution < -0.4 is 5.32 Å². The third kappa shape index (κ3) is 2.75. The van der Waals surface area contributed by atoms with Gasteiger partial charge in [-0.05, 0) is 49.1 Å². The van der Waals surface area contributed by atoms with Crippen molar-refractivity contribution in [1.82, 2.24) is 5.32 Å². The lowest BCUT2D eigenvalue weighted by molar-refractivity contribution is 0.403. The van der Waals surface area contributed by atoms with Crippen LogP contribution in [0.2, 0.25) is 0 Å². The van der Waals surface area contributed by atoms with Gasteiger partial charge in [0.2, 0.25) is 0 Å². The summed E-state index contributed by atoms with van der Waals surface area (Å²) in [4.78, 5) is 0. The molecule has 0 spiro atoms. The van der Waals surface area contributed by atoms with E-state index in [0.29, 0.717) is 11.8 Å². The molecule has 1 saturated heterocycles. The van der Waals surface area contributed by atoms with Gasteiger partial charge in [0.15, 0.2) is 0 Å². The summed E-state index contributed by atoms with van der Waals surface area (Å²) in [6.07, 6.45) is 1.13. The van der Waals surface area contributed by atoms with E-state index in [1.165, 1.54) is 16.7 Å². The van der Waals surface area contributed by atoms with Crippen LogP contribution in [0.3, 0.4) is 0 Å². The van der Waals surface area contributed by atoms with E-state index in [1.807, 2.05) is 12.1 Å². The fourth-order valence-corrected chi connectivity index (χ4v) is 3.22. The Morgan fingerprint density at radius 1 is 1.00 bits per heavy atom. The Kier molecular flexibility index (Phi) is 3.83. The lowest BCUT2D eigenvalue weighted by Crippen LogP contribution is -2.34. The van der Waals surface area contributed by atoms with E-state index in [0.717, 1.165) is 19.5 Å². The molecule has 20 heavy (non-hydrogen) atoms. The number of hydrogen-bond acceptors (Lipinski definition) is 1. The fraction of sp³-hybridized carbons (Fsp3) is 0.333. The van der Waals surface area contributed by atoms with Crippen molar-refractivity contribution >= 4 is 0 Å². The lowest BCUT2D eigenvalue weighted by Gasteiger charge is -2.33. The number of halogens is 1. The van der Waals surface area contributed by atoms with Gasteiger partial charge in [0.05, 0.1) is 0 Å². The molecule has 1 aliphatic rings. The van der Waals surface area contributed by atoms with Crippen molar-refractivity contribution in [3.63, 3.8) is 0 Å². The molecule has 2 unspecified atom stereocenters. The average Bonchev–Trinajstić information content (AvgIpc) is 2.48. The van der Waals surface area contributed by atoms with Crippen LogP contribution in [0.4, 0.5) is 4.39 Å². The SMILES string of the molecule is Cc1cccc(C2CCNCC2c2ccc(F)cc2)c1. The maximum Gasteiger partial charge on any atom is 0.123 e. The first-order chi connectivity index (χ1) is 9.74. The monoisotopic (exact) mass is 269 g/mol. The van der Waals surface area contributed by atoms with E-state index in [2.05, 4.69) is 36.5 Å². The molecule has 0 aromatic heterocycles. The van der Waals surface area contributed by atoms with E-state index in [9.17, 15) is 4.39 Å². The van der Waals surface area contributed by atoms with Crippen LogP contribution in [-0.4, -0.2) is 13.1 Å². The van der Waals surface area contributed by atoms with Gasteiger partial charge in [0.1, 0.15) is 5.82 Å². The Bertz CT molecular complexity index is 576. The number of hydrogen-bond donors (Lipinski definition) is 1. The molecule has 2 atom stereocenters. The normalized spacial score (nSPS) is 22.7. The summed E-state index contributed by atoms with van der Waals surface area (Å²) < 4.78 is 13.1. The smallest absolute Gasteiger partial charge is 0.123 e. The minimum Gasteiger partial charge on any atom is -0.316 e. The molecule has 1 aliphatic heterocycles. The molecule has 1 fully saturated rings. The second-order valence-electron chi connectivity index (χ2n) is 5.67. The van der Waals surface area contributed by atoms with Crippen LogP contribution in [0, 0.1) is 12.7 Å². The molecule has 2 heteroatoms. The quantitative estimate of drug-likeness (QED) is 0.869. The lowest BCUT2D eigenvalue weighted by atomic mass is 9.77. The van der Waals surface area contributed by atoms with Crippen molar-refractivity contribution in [1.29, 1.82) is 0 Å². The summed E-state index contributed by atoms with van der Waals surface area (Å²) in [6.45, 7) is 4.15. The predicted octanol–water partition coefficient (Wildman–Crippen LogP) is 3.99. The fourth-order valence-electron chi connectivity index (χ4n) is 3.22. The maximum atomic E-state index is 13.1. The third-order valence-corrected chi connectivity index (χ3v) is 4.25. The number of rotatable bonds is 2. The number of nitrogens with one attached hydrogen (secondary N) is 1. The molecule has 1 heterocycles. The second-order valence-corrected chi connectivity index (χ2v) is 5.67. The highest BCUT2D eigenvalue weighted by atomic mass is 19.1. The van der Waals surface area contributed by atoms with Crippen molar-refractivity contribution in [3.8, 4) is 0 Å². The van der Waals surface area contributed by atoms with Crippen molar-refractivity contribution in [2.24, 2.45) is 0 Å². The Balaban J connectivity index is 1.93. The Labute approximate surface area is 119 Å². The first-order valence-corrected chi connectivity index (χ1v) is 7.27. The third-order valence-electron chi connectivity index (χ3n) is 4.25. The van der Waals surface area contributed by atoms with Crippen molar-refractivity contribution in [2.75, 3.05) is 13.1 Å². The molecule has 1 nitrogen and oxygen atoms in total. The summed E-state index contributed by atoms with van der Waals surface area (Å²) in [5.74, 6) is 0.775. The Morgan fingerprint density at radius 2 is 1.80 bits per heavy atom. The average molecular weight is 269 g/mol. The molecular formula is C18H20FN. The van der Waals surface area contributed by atoms with Gasteiger partial charge >= 0.3 is 0 Å². The summed E-state index contributed by atoms with van der Waals surface area (Å²) in [5.41, 5.74) is 3.94. The van der Waals surface area contributed by atoms with E-state index in [1.54, 1.807) is 12.1 Å². The highest BCUT2D eigenvalue weighted by Crippen LogP contribution is 2.37. The standard InChI is InChI=1S/C18H20FN/c1-13-3-2-4-15(11-13)17-9-10-20-12-18(17)14-5-7-16(19)8-6-14/h2-8,11,17-18,20H,9-10,12H2,1H3. The molecule has 0 saturated carbocycles. The molecular weight excluding hydrogens is 249 g/mol. The van der Waals surface area contributed by atoms with Gasteiger partial charge in [-0.1, -0.05) is 42.0 Å². The minimum atomic E-state index is -0.162. The van der Waals surface area contributed by atoms with Gasteiger partial charge in [-0.3, -0.25) is 0 Å². The molecule has 1 N–H and O–H groups in total. The van der Waals surface area contributed by atoms with Crippen LogP contribution in [0.15, 0.2) is 48.5 Å². The van der Waals surface area contributed by atoms with Crippen molar-refractivity contribution in [3.05, 3.63) is 71.0 Å². The zero-order chi connectivity index (χ0) is 13.9. The number of piperidine rings is 1. The van der Waals surface area contributed by atoms with Crippen LogP contribution in [0.5, 0.6) is 0 Å². The minimum absolute atomic E-state index is 0.162. The molecule has 0 aliphatic carbocycles. The molecule has 0 radical (unpaired) electrons. The number of aryl methyl sites for hydroxylation is 1. The van der Waals surface area contributed by atoms with Crippen LogP contribution >= 0.6 is 0 Å². The highest BCUT2D eigenvalue weighted by molar-refractivity contribution is 5.32. The predicted molar refractivity (Wildman–Crippen MR) is 80.5 cm³/mol. The van der Waals surface area contributed by atoms with Gasteiger partial charge < -0.3 is 5.32 Å². The van der Waals surface area contributed by atoms with Crippen molar-refractivity contribution in [2.45, 2.75) is 25.2 Å². The van der Waals surface area contributed by atoms with Crippen LogP contribution in [0.1, 0.15) is 34.9 Å². The summed E-state index contributed by atoms with van der Waals surface area (Å²) in [6, 6.07) is 15.8. The Morgan fingerprint density at radius 3 is 2.55 bits per heavy atom. The zero-order valence-corrected chi connectivity index (χ0v) is 11.8. The van der Waals surface area contributed by atoms with Gasteiger partial charge in [-0.15, -0.1) is 0 Å². The maximum absolute atomic E-state index is 13.1. The molecule has 104 valence electrons. The Hall–Kier alpha value is -1.67. The first kappa shape index (κ1) is 13.3. The van der Waals surface area contributed by atoms with E-state index < -0.39 is 0 Å². The van der Waals surface area contributed by atoms with Gasteiger partial charge in [-0.2, -0.15) is 0 Å². The molecule has 3 rings (SSSR count).